The predicted molar refractivity (Wildman–Crippen MR) is 115 cm³/mol. The molecule has 1 aliphatic rings. The summed E-state index contributed by atoms with van der Waals surface area (Å²) in [6.07, 6.45) is 0.997. The molecule has 1 aliphatic heterocycles. The van der Waals surface area contributed by atoms with E-state index in [-0.39, 0.29) is 12.3 Å². The van der Waals surface area contributed by atoms with Gasteiger partial charge < -0.3 is 10.2 Å². The summed E-state index contributed by atoms with van der Waals surface area (Å²) in [5.74, 6) is -0.0309. The van der Waals surface area contributed by atoms with Gasteiger partial charge in [-0.15, -0.1) is 10.2 Å². The van der Waals surface area contributed by atoms with Crippen molar-refractivity contribution in [2.45, 2.75) is 19.8 Å². The summed E-state index contributed by atoms with van der Waals surface area (Å²) in [5.41, 5.74) is 3.63. The smallest absolute Gasteiger partial charge is 0.311 e. The average Bonchev–Trinajstić information content (AvgIpc) is 3.31. The Bertz CT molecular complexity index is 1080. The van der Waals surface area contributed by atoms with Gasteiger partial charge in [0.2, 0.25) is 11.0 Å². The number of benzene rings is 2. The number of aryl methyl sites for hydroxylation is 1. The number of anilines is 3. The number of carbonyl (C=O) groups excluding carboxylic acids is 2. The zero-order chi connectivity index (χ0) is 20.4. The van der Waals surface area contributed by atoms with E-state index in [1.807, 2.05) is 37.3 Å². The van der Waals surface area contributed by atoms with Gasteiger partial charge in [0.1, 0.15) is 5.01 Å². The molecule has 9 heteroatoms. The Balaban J connectivity index is 1.37. The first-order valence-electron chi connectivity index (χ1n) is 9.04. The first-order valence-corrected chi connectivity index (χ1v) is 10.2. The highest BCUT2D eigenvalue weighted by Crippen LogP contribution is 2.28. The van der Waals surface area contributed by atoms with Crippen LogP contribution in [0.4, 0.5) is 21.3 Å². The molecule has 0 fully saturated rings. The van der Waals surface area contributed by atoms with Crippen LogP contribution in [-0.2, 0) is 17.6 Å². The number of aromatic nitrogens is 2. The fourth-order valence-corrected chi connectivity index (χ4v) is 4.08. The lowest BCUT2D eigenvalue weighted by molar-refractivity contribution is -0.117. The van der Waals surface area contributed by atoms with E-state index in [1.54, 1.807) is 17.0 Å². The van der Waals surface area contributed by atoms with Gasteiger partial charge >= 0.3 is 6.03 Å². The third kappa shape index (κ3) is 4.38. The number of para-hydroxylation sites is 1. The van der Waals surface area contributed by atoms with Crippen molar-refractivity contribution in [1.82, 2.24) is 10.2 Å². The van der Waals surface area contributed by atoms with Crippen LogP contribution in [0.25, 0.3) is 0 Å². The van der Waals surface area contributed by atoms with Crippen molar-refractivity contribution in [1.29, 1.82) is 0 Å². The largest absolute Gasteiger partial charge is 0.325 e. The van der Waals surface area contributed by atoms with Crippen molar-refractivity contribution < 1.29 is 9.59 Å². The van der Waals surface area contributed by atoms with Crippen LogP contribution in [0.2, 0.25) is 5.02 Å². The first kappa shape index (κ1) is 19.4. The van der Waals surface area contributed by atoms with Crippen molar-refractivity contribution in [3.63, 3.8) is 0 Å². The van der Waals surface area contributed by atoms with E-state index in [4.69, 9.17) is 11.6 Å². The van der Waals surface area contributed by atoms with Gasteiger partial charge in [-0.25, -0.2) is 4.79 Å². The standard InChI is InChI=1S/C20H18ClN5O2S/c1-12-6-7-14(21)10-15(12)22-19(28)23-20-25-24-17(29-20)11-18(27)26-9-8-13-4-2-3-5-16(13)26/h2-7,10H,8-9,11H2,1H3,(H2,22,23,25,28). The van der Waals surface area contributed by atoms with Crippen LogP contribution in [0.15, 0.2) is 42.5 Å². The second-order valence-electron chi connectivity index (χ2n) is 6.64. The summed E-state index contributed by atoms with van der Waals surface area (Å²) < 4.78 is 0. The molecule has 2 N–H and O–H groups in total. The fourth-order valence-electron chi connectivity index (χ4n) is 3.18. The number of fused-ring (bicyclic) bond motifs is 1. The van der Waals surface area contributed by atoms with Crippen LogP contribution >= 0.6 is 22.9 Å². The van der Waals surface area contributed by atoms with Gasteiger partial charge in [-0.2, -0.15) is 0 Å². The van der Waals surface area contributed by atoms with Crippen molar-refractivity contribution >= 4 is 51.4 Å². The van der Waals surface area contributed by atoms with Gasteiger partial charge in [-0.05, 0) is 42.7 Å². The summed E-state index contributed by atoms with van der Waals surface area (Å²) in [5, 5.41) is 14.8. The molecule has 148 valence electrons. The molecule has 4 rings (SSSR count). The molecule has 0 saturated carbocycles. The molecule has 2 heterocycles. The van der Waals surface area contributed by atoms with Gasteiger partial charge in [-0.1, -0.05) is 47.2 Å². The highest BCUT2D eigenvalue weighted by atomic mass is 35.5. The SMILES string of the molecule is Cc1ccc(Cl)cc1NC(=O)Nc1nnc(CC(=O)N2CCc3ccccc32)s1. The molecule has 3 aromatic rings. The number of amides is 3. The molecular weight excluding hydrogens is 410 g/mol. The summed E-state index contributed by atoms with van der Waals surface area (Å²) in [4.78, 5) is 26.7. The van der Waals surface area contributed by atoms with Crippen LogP contribution in [0.5, 0.6) is 0 Å². The number of urea groups is 1. The highest BCUT2D eigenvalue weighted by Gasteiger charge is 2.25. The molecule has 0 aliphatic carbocycles. The van der Waals surface area contributed by atoms with Crippen LogP contribution in [0.3, 0.4) is 0 Å². The van der Waals surface area contributed by atoms with Crippen molar-refractivity contribution in [2.75, 3.05) is 22.1 Å². The summed E-state index contributed by atoms with van der Waals surface area (Å²) in [6.45, 7) is 2.54. The molecule has 0 unspecified atom stereocenters. The number of hydrogen-bond donors (Lipinski definition) is 2. The van der Waals surface area contributed by atoms with E-state index in [0.717, 1.165) is 17.7 Å². The van der Waals surface area contributed by atoms with Crippen LogP contribution in [-0.4, -0.2) is 28.7 Å². The first-order chi connectivity index (χ1) is 14.0. The number of rotatable bonds is 4. The normalized spacial score (nSPS) is 12.6. The molecular formula is C20H18ClN5O2S. The number of nitrogens with one attached hydrogen (secondary N) is 2. The minimum absolute atomic E-state index is 0.0309. The Morgan fingerprint density at radius 2 is 2.00 bits per heavy atom. The van der Waals surface area contributed by atoms with E-state index >= 15 is 0 Å². The lowest BCUT2D eigenvalue weighted by atomic mass is 10.2. The quantitative estimate of drug-likeness (QED) is 0.650. The van der Waals surface area contributed by atoms with E-state index in [9.17, 15) is 9.59 Å². The minimum Gasteiger partial charge on any atom is -0.311 e. The predicted octanol–water partition coefficient (Wildman–Crippen LogP) is 4.28. The summed E-state index contributed by atoms with van der Waals surface area (Å²) >= 11 is 7.15. The van der Waals surface area contributed by atoms with E-state index in [1.165, 1.54) is 16.9 Å². The highest BCUT2D eigenvalue weighted by molar-refractivity contribution is 7.15. The Labute approximate surface area is 176 Å². The van der Waals surface area contributed by atoms with Gasteiger partial charge in [0, 0.05) is 22.9 Å². The average molecular weight is 428 g/mol. The maximum absolute atomic E-state index is 12.7. The third-order valence-corrected chi connectivity index (χ3v) is 5.70. The minimum atomic E-state index is -0.446. The van der Waals surface area contributed by atoms with Crippen LogP contribution < -0.4 is 15.5 Å². The zero-order valence-corrected chi connectivity index (χ0v) is 17.2. The number of nitrogens with zero attached hydrogens (tertiary/aromatic N) is 3. The molecule has 7 nitrogen and oxygen atoms in total. The number of halogens is 1. The van der Waals surface area contributed by atoms with Crippen molar-refractivity contribution in [2.24, 2.45) is 0 Å². The van der Waals surface area contributed by atoms with Gasteiger partial charge in [0.15, 0.2) is 0 Å². The topological polar surface area (TPSA) is 87.2 Å². The molecule has 29 heavy (non-hydrogen) atoms. The monoisotopic (exact) mass is 427 g/mol. The Morgan fingerprint density at radius 1 is 1.17 bits per heavy atom. The maximum atomic E-state index is 12.7. The second-order valence-corrected chi connectivity index (χ2v) is 8.14. The molecule has 0 bridgehead atoms. The van der Waals surface area contributed by atoms with E-state index in [0.29, 0.717) is 27.4 Å². The molecule has 3 amide bonds. The third-order valence-electron chi connectivity index (χ3n) is 4.63. The van der Waals surface area contributed by atoms with Gasteiger partial charge in [-0.3, -0.25) is 10.1 Å². The van der Waals surface area contributed by atoms with Gasteiger partial charge in [0.05, 0.1) is 6.42 Å². The Kier molecular flexibility index (Phi) is 5.46. The lowest BCUT2D eigenvalue weighted by Crippen LogP contribution is -2.30. The number of carbonyl (C=O) groups is 2. The van der Waals surface area contributed by atoms with E-state index < -0.39 is 6.03 Å². The van der Waals surface area contributed by atoms with Crippen LogP contribution in [0.1, 0.15) is 16.1 Å². The summed E-state index contributed by atoms with van der Waals surface area (Å²) in [6, 6.07) is 12.7. The maximum Gasteiger partial charge on any atom is 0.325 e. The molecule has 0 atom stereocenters. The van der Waals surface area contributed by atoms with Crippen LogP contribution in [0, 0.1) is 6.92 Å². The summed E-state index contributed by atoms with van der Waals surface area (Å²) in [7, 11) is 0. The second kappa shape index (κ2) is 8.18. The molecule has 0 saturated heterocycles. The Hall–Kier alpha value is -2.97. The molecule has 0 spiro atoms. The van der Waals surface area contributed by atoms with Gasteiger partial charge in [0.25, 0.3) is 0 Å². The molecule has 1 aromatic heterocycles. The van der Waals surface area contributed by atoms with Crippen molar-refractivity contribution in [3.8, 4) is 0 Å². The van der Waals surface area contributed by atoms with E-state index in [2.05, 4.69) is 20.8 Å². The number of hydrogen-bond acceptors (Lipinski definition) is 5. The Morgan fingerprint density at radius 3 is 2.86 bits per heavy atom. The molecule has 0 radical (unpaired) electrons. The van der Waals surface area contributed by atoms with Crippen molar-refractivity contribution in [3.05, 3.63) is 63.6 Å². The molecule has 2 aromatic carbocycles. The fraction of sp³-hybridized carbons (Fsp3) is 0.200. The zero-order valence-electron chi connectivity index (χ0n) is 15.6. The lowest BCUT2D eigenvalue weighted by Gasteiger charge is -2.16.